The van der Waals surface area contributed by atoms with Gasteiger partial charge in [0.1, 0.15) is 12.4 Å². The number of nitriles is 1. The Morgan fingerprint density at radius 3 is 3.00 bits per heavy atom. The molecule has 15 heavy (non-hydrogen) atoms. The van der Waals surface area contributed by atoms with E-state index in [1.54, 1.807) is 6.33 Å². The van der Waals surface area contributed by atoms with Crippen LogP contribution in [0.1, 0.15) is 5.82 Å². The molecule has 3 rings (SSSR count). The Morgan fingerprint density at radius 1 is 1.27 bits per heavy atom. The third-order valence-electron chi connectivity index (χ3n) is 2.18. The van der Waals surface area contributed by atoms with Gasteiger partial charge in [0.2, 0.25) is 0 Å². The molecule has 0 unspecified atom stereocenters. The van der Waals surface area contributed by atoms with Crippen LogP contribution in [0.2, 0.25) is 0 Å². The van der Waals surface area contributed by atoms with Gasteiger partial charge in [-0.2, -0.15) is 10.2 Å². The molecule has 0 N–H and O–H groups in total. The predicted molar refractivity (Wildman–Crippen MR) is 53.0 cm³/mol. The lowest BCUT2D eigenvalue weighted by molar-refractivity contribution is 0.924. The van der Waals surface area contributed by atoms with Crippen molar-refractivity contribution in [3.63, 3.8) is 0 Å². The number of para-hydroxylation sites is 1. The molecule has 1 aromatic carbocycles. The van der Waals surface area contributed by atoms with E-state index in [2.05, 4.69) is 15.1 Å². The molecule has 5 heteroatoms. The fourth-order valence-electron chi connectivity index (χ4n) is 1.53. The zero-order chi connectivity index (χ0) is 10.3. The highest BCUT2D eigenvalue weighted by Gasteiger charge is 2.06. The second kappa shape index (κ2) is 2.75. The van der Waals surface area contributed by atoms with E-state index in [1.807, 2.05) is 30.3 Å². The van der Waals surface area contributed by atoms with Crippen molar-refractivity contribution in [1.82, 2.24) is 19.6 Å². The summed E-state index contributed by atoms with van der Waals surface area (Å²) in [6.45, 7) is 0. The second-order valence-corrected chi connectivity index (χ2v) is 3.08. The summed E-state index contributed by atoms with van der Waals surface area (Å²) in [5, 5.41) is 13.6. The molecule has 0 aliphatic rings. The maximum atomic E-state index is 8.70. The Balaban J connectivity index is 2.54. The number of hydrogen-bond acceptors (Lipinski definition) is 4. The Labute approximate surface area is 84.6 Å². The van der Waals surface area contributed by atoms with E-state index < -0.39 is 0 Å². The summed E-state index contributed by atoms with van der Waals surface area (Å²) < 4.78 is 1.51. The summed E-state index contributed by atoms with van der Waals surface area (Å²) in [7, 11) is 0. The van der Waals surface area contributed by atoms with Crippen LogP contribution in [-0.4, -0.2) is 19.6 Å². The molecule has 0 aliphatic heterocycles. The Kier molecular flexibility index (Phi) is 1.45. The molecule has 0 saturated carbocycles. The van der Waals surface area contributed by atoms with Gasteiger partial charge >= 0.3 is 0 Å². The third kappa shape index (κ3) is 1.05. The third-order valence-corrected chi connectivity index (χ3v) is 2.18. The second-order valence-electron chi connectivity index (χ2n) is 3.08. The lowest BCUT2D eigenvalue weighted by Crippen LogP contribution is -1.90. The van der Waals surface area contributed by atoms with Crippen LogP contribution in [0.3, 0.4) is 0 Å². The normalized spacial score (nSPS) is 10.6. The standard InChI is InChI=1S/C10H5N5/c11-5-9-13-10-7-3-1-2-4-8(7)12-6-15(10)14-9/h1-4,6H. The highest BCUT2D eigenvalue weighted by atomic mass is 15.3. The predicted octanol–water partition coefficient (Wildman–Crippen LogP) is 1.15. The molecule has 2 aromatic heterocycles. The molecule has 2 heterocycles. The smallest absolute Gasteiger partial charge is 0.236 e. The summed E-state index contributed by atoms with van der Waals surface area (Å²) in [6, 6.07) is 9.54. The zero-order valence-electron chi connectivity index (χ0n) is 7.62. The maximum absolute atomic E-state index is 8.70. The average Bonchev–Trinajstić information content (AvgIpc) is 2.72. The van der Waals surface area contributed by atoms with Crippen molar-refractivity contribution in [2.24, 2.45) is 0 Å². The molecule has 5 nitrogen and oxygen atoms in total. The molecule has 0 saturated heterocycles. The van der Waals surface area contributed by atoms with E-state index in [1.165, 1.54) is 4.52 Å². The number of hydrogen-bond donors (Lipinski definition) is 0. The van der Waals surface area contributed by atoms with Gasteiger partial charge in [-0.3, -0.25) is 0 Å². The maximum Gasteiger partial charge on any atom is 0.253 e. The number of rotatable bonds is 0. The van der Waals surface area contributed by atoms with E-state index in [9.17, 15) is 0 Å². The first kappa shape index (κ1) is 7.88. The van der Waals surface area contributed by atoms with Crippen molar-refractivity contribution in [1.29, 1.82) is 5.26 Å². The first-order chi connectivity index (χ1) is 7.38. The summed E-state index contributed by atoms with van der Waals surface area (Å²) in [5.74, 6) is 0.160. The minimum atomic E-state index is 0.160. The highest BCUT2D eigenvalue weighted by molar-refractivity contribution is 5.90. The Morgan fingerprint density at radius 2 is 2.13 bits per heavy atom. The van der Waals surface area contributed by atoms with Gasteiger partial charge in [-0.25, -0.2) is 9.50 Å². The summed E-state index contributed by atoms with van der Waals surface area (Å²) >= 11 is 0. The Hall–Kier alpha value is -2.48. The van der Waals surface area contributed by atoms with E-state index in [4.69, 9.17) is 5.26 Å². The van der Waals surface area contributed by atoms with Crippen LogP contribution in [0.4, 0.5) is 0 Å². The minimum absolute atomic E-state index is 0.160. The first-order valence-corrected chi connectivity index (χ1v) is 4.39. The van der Waals surface area contributed by atoms with Crippen molar-refractivity contribution in [2.75, 3.05) is 0 Å². The zero-order valence-corrected chi connectivity index (χ0v) is 7.62. The molecule has 0 fully saturated rings. The lowest BCUT2D eigenvalue weighted by atomic mass is 10.2. The molecule has 0 bridgehead atoms. The van der Waals surface area contributed by atoms with Crippen molar-refractivity contribution in [2.45, 2.75) is 0 Å². The highest BCUT2D eigenvalue weighted by Crippen LogP contribution is 2.15. The molecule has 0 amide bonds. The van der Waals surface area contributed by atoms with Crippen molar-refractivity contribution >= 4 is 16.6 Å². The number of fused-ring (bicyclic) bond motifs is 3. The SMILES string of the molecule is N#Cc1nc2c3ccccc3ncn2n1. The number of nitrogens with zero attached hydrogens (tertiary/aromatic N) is 5. The van der Waals surface area contributed by atoms with E-state index in [0.717, 1.165) is 10.9 Å². The van der Waals surface area contributed by atoms with Crippen LogP contribution < -0.4 is 0 Å². The van der Waals surface area contributed by atoms with Gasteiger partial charge in [0.15, 0.2) is 5.65 Å². The largest absolute Gasteiger partial charge is 0.253 e. The summed E-state index contributed by atoms with van der Waals surface area (Å²) in [6.07, 6.45) is 1.56. The molecule has 0 radical (unpaired) electrons. The van der Waals surface area contributed by atoms with E-state index in [0.29, 0.717) is 5.65 Å². The van der Waals surface area contributed by atoms with Crippen LogP contribution in [-0.2, 0) is 0 Å². The number of aromatic nitrogens is 4. The van der Waals surface area contributed by atoms with Crippen LogP contribution in [0.15, 0.2) is 30.6 Å². The van der Waals surface area contributed by atoms with Gasteiger partial charge in [-0.1, -0.05) is 12.1 Å². The molecular formula is C10H5N5. The monoisotopic (exact) mass is 195 g/mol. The van der Waals surface area contributed by atoms with Crippen LogP contribution in [0.25, 0.3) is 16.6 Å². The summed E-state index contributed by atoms with van der Waals surface area (Å²) in [4.78, 5) is 8.32. The molecule has 0 atom stereocenters. The topological polar surface area (TPSA) is 66.9 Å². The van der Waals surface area contributed by atoms with Gasteiger partial charge in [-0.05, 0) is 12.1 Å². The van der Waals surface area contributed by atoms with Gasteiger partial charge in [0.05, 0.1) is 5.52 Å². The van der Waals surface area contributed by atoms with Gasteiger partial charge < -0.3 is 0 Å². The first-order valence-electron chi connectivity index (χ1n) is 4.39. The van der Waals surface area contributed by atoms with Gasteiger partial charge in [0.25, 0.3) is 5.82 Å². The molecule has 0 aliphatic carbocycles. The van der Waals surface area contributed by atoms with Crippen molar-refractivity contribution in [3.8, 4) is 6.07 Å². The van der Waals surface area contributed by atoms with Crippen molar-refractivity contribution in [3.05, 3.63) is 36.4 Å². The quantitative estimate of drug-likeness (QED) is 0.539. The van der Waals surface area contributed by atoms with Crippen LogP contribution >= 0.6 is 0 Å². The fraction of sp³-hybridized carbons (Fsp3) is 0. The lowest BCUT2D eigenvalue weighted by Gasteiger charge is -1.96. The summed E-state index contributed by atoms with van der Waals surface area (Å²) in [5.41, 5.74) is 1.51. The van der Waals surface area contributed by atoms with E-state index in [-0.39, 0.29) is 5.82 Å². The van der Waals surface area contributed by atoms with Crippen LogP contribution in [0.5, 0.6) is 0 Å². The molecule has 70 valence electrons. The average molecular weight is 195 g/mol. The molecule has 3 aromatic rings. The van der Waals surface area contributed by atoms with Gasteiger partial charge in [-0.15, -0.1) is 5.10 Å². The van der Waals surface area contributed by atoms with Crippen LogP contribution in [0, 0.1) is 11.3 Å². The fourth-order valence-corrected chi connectivity index (χ4v) is 1.53. The minimum Gasteiger partial charge on any atom is -0.236 e. The Bertz CT molecular complexity index is 692. The number of benzene rings is 1. The molecular weight excluding hydrogens is 190 g/mol. The van der Waals surface area contributed by atoms with Gasteiger partial charge in [0, 0.05) is 5.39 Å². The molecule has 0 spiro atoms. The van der Waals surface area contributed by atoms with E-state index >= 15 is 0 Å². The van der Waals surface area contributed by atoms with Crippen molar-refractivity contribution < 1.29 is 0 Å².